The molecule has 1 saturated carbocycles. The van der Waals surface area contributed by atoms with Crippen molar-refractivity contribution < 1.29 is 4.79 Å². The first-order valence-electron chi connectivity index (χ1n) is 5.76. The highest BCUT2D eigenvalue weighted by molar-refractivity contribution is 6.09. The molecule has 0 aromatic carbocycles. The summed E-state index contributed by atoms with van der Waals surface area (Å²) in [5, 5.41) is 6.04. The average Bonchev–Trinajstić information content (AvgIpc) is 2.57. The molecule has 2 N–H and O–H groups in total. The van der Waals surface area contributed by atoms with Gasteiger partial charge in [-0.05, 0) is 31.6 Å². The maximum absolute atomic E-state index is 11.9. The Balaban J connectivity index is 2.07. The molecule has 0 atom stereocenters. The van der Waals surface area contributed by atoms with Gasteiger partial charge in [-0.2, -0.15) is 0 Å². The van der Waals surface area contributed by atoms with Gasteiger partial charge < -0.3 is 5.32 Å². The van der Waals surface area contributed by atoms with Crippen LogP contribution >= 0.6 is 0 Å². The summed E-state index contributed by atoms with van der Waals surface area (Å²) >= 11 is 0. The number of amides is 1. The molecule has 84 valence electrons. The molecule has 2 fully saturated rings. The lowest BCUT2D eigenvalue weighted by molar-refractivity contribution is -0.125. The number of aliphatic imine (C=N–C) groups is 1. The molecule has 0 radical (unpaired) electrons. The van der Waals surface area contributed by atoms with Crippen molar-refractivity contribution in [3.8, 4) is 0 Å². The van der Waals surface area contributed by atoms with Gasteiger partial charge in [0, 0.05) is 7.05 Å². The van der Waals surface area contributed by atoms with Crippen molar-refractivity contribution in [3.63, 3.8) is 0 Å². The Kier molecular flexibility index (Phi) is 2.67. The number of hydrogen-bond donors (Lipinski definition) is 2. The van der Waals surface area contributed by atoms with Crippen molar-refractivity contribution in [2.45, 2.75) is 44.6 Å². The molecule has 2 rings (SSSR count). The first-order valence-corrected chi connectivity index (χ1v) is 5.76. The second-order valence-electron chi connectivity index (χ2n) is 4.59. The molecule has 0 aromatic heterocycles. The van der Waals surface area contributed by atoms with Gasteiger partial charge in [-0.25, -0.2) is 0 Å². The summed E-state index contributed by atoms with van der Waals surface area (Å²) in [6.07, 6.45) is 5.40. The van der Waals surface area contributed by atoms with Crippen molar-refractivity contribution in [1.29, 1.82) is 0 Å². The molecule has 0 bridgehead atoms. The molecule has 4 nitrogen and oxygen atoms in total. The molecule has 4 heteroatoms. The third-order valence-electron chi connectivity index (χ3n) is 3.78. The van der Waals surface area contributed by atoms with Crippen LogP contribution in [-0.2, 0) is 4.79 Å². The molecule has 1 spiro atoms. The molecular formula is C11H19N3O. The molecule has 1 heterocycles. The van der Waals surface area contributed by atoms with Gasteiger partial charge in [0.2, 0.25) is 0 Å². The first kappa shape index (κ1) is 10.5. The predicted molar refractivity (Wildman–Crippen MR) is 59.6 cm³/mol. The van der Waals surface area contributed by atoms with Gasteiger partial charge in [-0.1, -0.05) is 13.3 Å². The lowest BCUT2D eigenvalue weighted by Gasteiger charge is -2.34. The first-order chi connectivity index (χ1) is 7.20. The van der Waals surface area contributed by atoms with E-state index in [1.54, 1.807) is 7.05 Å². The second-order valence-corrected chi connectivity index (χ2v) is 4.59. The SMILES string of the molecule is CCC1CCC2(CC1)NC(=NC)NC2=O. The van der Waals surface area contributed by atoms with Gasteiger partial charge in [0.1, 0.15) is 5.54 Å². The fourth-order valence-electron chi connectivity index (χ4n) is 2.58. The summed E-state index contributed by atoms with van der Waals surface area (Å²) in [6.45, 7) is 2.23. The highest BCUT2D eigenvalue weighted by atomic mass is 16.2. The van der Waals surface area contributed by atoms with Crippen LogP contribution in [0.15, 0.2) is 4.99 Å². The van der Waals surface area contributed by atoms with E-state index in [4.69, 9.17) is 0 Å². The van der Waals surface area contributed by atoms with E-state index in [0.717, 1.165) is 31.6 Å². The van der Waals surface area contributed by atoms with Crippen molar-refractivity contribution in [2.24, 2.45) is 10.9 Å². The number of guanidine groups is 1. The zero-order valence-electron chi connectivity index (χ0n) is 9.47. The van der Waals surface area contributed by atoms with Crippen LogP contribution in [0.1, 0.15) is 39.0 Å². The van der Waals surface area contributed by atoms with Crippen molar-refractivity contribution in [2.75, 3.05) is 7.05 Å². The number of hydrogen-bond acceptors (Lipinski definition) is 2. The largest absolute Gasteiger partial charge is 0.342 e. The second kappa shape index (κ2) is 3.83. The Morgan fingerprint density at radius 3 is 2.60 bits per heavy atom. The quantitative estimate of drug-likeness (QED) is 0.677. The van der Waals surface area contributed by atoms with Gasteiger partial charge in [0.15, 0.2) is 5.96 Å². The summed E-state index contributed by atoms with van der Waals surface area (Å²) in [6, 6.07) is 0. The minimum Gasteiger partial charge on any atom is -0.342 e. The molecule has 1 amide bonds. The van der Waals surface area contributed by atoms with E-state index < -0.39 is 0 Å². The van der Waals surface area contributed by atoms with Crippen LogP contribution in [0.2, 0.25) is 0 Å². The molecule has 0 unspecified atom stereocenters. The summed E-state index contributed by atoms with van der Waals surface area (Å²) in [7, 11) is 1.69. The molecule has 2 aliphatic rings. The average molecular weight is 209 g/mol. The Labute approximate surface area is 90.5 Å². The fraction of sp³-hybridized carbons (Fsp3) is 0.818. The summed E-state index contributed by atoms with van der Waals surface area (Å²) < 4.78 is 0. The Morgan fingerprint density at radius 1 is 1.47 bits per heavy atom. The third-order valence-corrected chi connectivity index (χ3v) is 3.78. The lowest BCUT2D eigenvalue weighted by atomic mass is 9.76. The van der Waals surface area contributed by atoms with E-state index in [1.807, 2.05) is 0 Å². The van der Waals surface area contributed by atoms with Crippen LogP contribution < -0.4 is 10.6 Å². The van der Waals surface area contributed by atoms with E-state index >= 15 is 0 Å². The zero-order chi connectivity index (χ0) is 10.9. The Hall–Kier alpha value is -1.06. The molecular weight excluding hydrogens is 190 g/mol. The normalized spacial score (nSPS) is 38.1. The Morgan fingerprint density at radius 2 is 2.13 bits per heavy atom. The van der Waals surface area contributed by atoms with Crippen LogP contribution in [-0.4, -0.2) is 24.5 Å². The van der Waals surface area contributed by atoms with E-state index in [-0.39, 0.29) is 11.4 Å². The van der Waals surface area contributed by atoms with Crippen LogP contribution in [0.5, 0.6) is 0 Å². The topological polar surface area (TPSA) is 53.5 Å². The van der Waals surface area contributed by atoms with E-state index in [0.29, 0.717) is 5.96 Å². The number of carbonyl (C=O) groups excluding carboxylic acids is 1. The highest BCUT2D eigenvalue weighted by Crippen LogP contribution is 2.35. The van der Waals surface area contributed by atoms with Crippen molar-refractivity contribution in [1.82, 2.24) is 10.6 Å². The van der Waals surface area contributed by atoms with E-state index in [9.17, 15) is 4.79 Å². The van der Waals surface area contributed by atoms with Gasteiger partial charge >= 0.3 is 0 Å². The van der Waals surface area contributed by atoms with Crippen LogP contribution in [0.3, 0.4) is 0 Å². The van der Waals surface area contributed by atoms with Gasteiger partial charge in [-0.3, -0.25) is 15.1 Å². The van der Waals surface area contributed by atoms with Crippen LogP contribution in [0, 0.1) is 5.92 Å². The van der Waals surface area contributed by atoms with Crippen LogP contribution in [0.25, 0.3) is 0 Å². The van der Waals surface area contributed by atoms with Gasteiger partial charge in [0.05, 0.1) is 0 Å². The predicted octanol–water partition coefficient (Wildman–Crippen LogP) is 1.03. The maximum atomic E-state index is 11.9. The smallest absolute Gasteiger partial charge is 0.252 e. The highest BCUT2D eigenvalue weighted by Gasteiger charge is 2.46. The number of rotatable bonds is 1. The van der Waals surface area contributed by atoms with Crippen molar-refractivity contribution in [3.05, 3.63) is 0 Å². The number of carbonyl (C=O) groups is 1. The zero-order valence-corrected chi connectivity index (χ0v) is 9.47. The van der Waals surface area contributed by atoms with E-state index in [2.05, 4.69) is 22.5 Å². The third kappa shape index (κ3) is 1.73. The van der Waals surface area contributed by atoms with Crippen LogP contribution in [0.4, 0.5) is 0 Å². The lowest BCUT2D eigenvalue weighted by Crippen LogP contribution is -2.49. The number of nitrogens with zero attached hydrogens (tertiary/aromatic N) is 1. The van der Waals surface area contributed by atoms with Gasteiger partial charge in [-0.15, -0.1) is 0 Å². The summed E-state index contributed by atoms with van der Waals surface area (Å²) in [4.78, 5) is 15.9. The van der Waals surface area contributed by atoms with Crippen molar-refractivity contribution >= 4 is 11.9 Å². The van der Waals surface area contributed by atoms with E-state index in [1.165, 1.54) is 6.42 Å². The number of nitrogens with one attached hydrogen (secondary N) is 2. The monoisotopic (exact) mass is 209 g/mol. The van der Waals surface area contributed by atoms with Gasteiger partial charge in [0.25, 0.3) is 5.91 Å². The molecule has 0 aromatic rings. The molecule has 15 heavy (non-hydrogen) atoms. The fourth-order valence-corrected chi connectivity index (χ4v) is 2.58. The summed E-state index contributed by atoms with van der Waals surface area (Å²) in [5.41, 5.74) is -0.347. The maximum Gasteiger partial charge on any atom is 0.252 e. The minimum absolute atomic E-state index is 0.109. The summed E-state index contributed by atoms with van der Waals surface area (Å²) in [5.74, 6) is 1.54. The molecule has 1 aliphatic heterocycles. The molecule has 1 aliphatic carbocycles. The standard InChI is InChI=1S/C11H19N3O/c1-3-8-4-6-11(7-5-8)9(15)13-10(12-2)14-11/h8H,3-7H2,1-2H3,(H2,12,13,14,15). The Bertz CT molecular complexity index is 290. The molecule has 1 saturated heterocycles. The minimum atomic E-state index is -0.347.